The fourth-order valence-corrected chi connectivity index (χ4v) is 2.36. The summed E-state index contributed by atoms with van der Waals surface area (Å²) in [5, 5.41) is 3.58. The number of nitrogens with zero attached hydrogens (tertiary/aromatic N) is 1. The number of piperazine rings is 1. The second kappa shape index (κ2) is 7.43. The molecule has 1 heterocycles. The molecule has 0 saturated carbocycles. The van der Waals surface area contributed by atoms with Gasteiger partial charge in [-0.15, -0.1) is 0 Å². The Morgan fingerprint density at radius 1 is 1.42 bits per heavy atom. The summed E-state index contributed by atoms with van der Waals surface area (Å²) in [5.41, 5.74) is 2.46. The van der Waals surface area contributed by atoms with E-state index < -0.39 is 0 Å². The largest absolute Gasteiger partial charge is 0.376 e. The Labute approximate surface area is 116 Å². The maximum Gasteiger partial charge on any atom is 0.0672 e. The Bertz CT molecular complexity index is 391. The normalized spacial score (nSPS) is 20.4. The molecule has 0 spiro atoms. The summed E-state index contributed by atoms with van der Waals surface area (Å²) in [6.07, 6.45) is 0. The van der Waals surface area contributed by atoms with Gasteiger partial charge in [-0.3, -0.25) is 4.90 Å². The highest BCUT2D eigenvalue weighted by Gasteiger charge is 2.19. The van der Waals surface area contributed by atoms with Crippen LogP contribution in [0.15, 0.2) is 42.5 Å². The van der Waals surface area contributed by atoms with Crippen LogP contribution < -0.4 is 5.32 Å². The van der Waals surface area contributed by atoms with Gasteiger partial charge in [-0.2, -0.15) is 0 Å². The van der Waals surface area contributed by atoms with Crippen molar-refractivity contribution in [2.24, 2.45) is 0 Å². The van der Waals surface area contributed by atoms with Gasteiger partial charge in [-0.25, -0.2) is 0 Å². The Kier molecular flexibility index (Phi) is 5.58. The van der Waals surface area contributed by atoms with E-state index in [4.69, 9.17) is 4.74 Å². The van der Waals surface area contributed by atoms with Crippen LogP contribution in [0, 0.1) is 0 Å². The van der Waals surface area contributed by atoms with E-state index in [0.29, 0.717) is 12.6 Å². The number of nitrogens with one attached hydrogen (secondary N) is 1. The molecule has 1 atom stereocenters. The van der Waals surface area contributed by atoms with Gasteiger partial charge >= 0.3 is 0 Å². The minimum Gasteiger partial charge on any atom is -0.376 e. The molecular weight excluding hydrogens is 236 g/mol. The van der Waals surface area contributed by atoms with Crippen molar-refractivity contribution in [3.8, 4) is 0 Å². The monoisotopic (exact) mass is 260 g/mol. The molecule has 1 aliphatic heterocycles. The summed E-state index contributed by atoms with van der Waals surface area (Å²) in [7, 11) is 0. The van der Waals surface area contributed by atoms with Gasteiger partial charge < -0.3 is 10.1 Å². The predicted octanol–water partition coefficient (Wildman–Crippen LogP) is 2.23. The van der Waals surface area contributed by atoms with Gasteiger partial charge in [0.15, 0.2) is 0 Å². The van der Waals surface area contributed by atoms with Crippen molar-refractivity contribution in [2.75, 3.05) is 39.4 Å². The minimum absolute atomic E-state index is 0.441. The highest BCUT2D eigenvalue weighted by atomic mass is 16.5. The third-order valence-corrected chi connectivity index (χ3v) is 3.36. The van der Waals surface area contributed by atoms with Crippen LogP contribution in [0.5, 0.6) is 0 Å². The molecule has 0 bridgehead atoms. The maximum absolute atomic E-state index is 5.58. The van der Waals surface area contributed by atoms with E-state index in [0.717, 1.165) is 38.4 Å². The highest BCUT2D eigenvalue weighted by molar-refractivity contribution is 5.19. The molecule has 0 aromatic heterocycles. The van der Waals surface area contributed by atoms with Crippen LogP contribution in [0.2, 0.25) is 0 Å². The lowest BCUT2D eigenvalue weighted by molar-refractivity contribution is 0.105. The molecular formula is C16H24N2O. The minimum atomic E-state index is 0.441. The third-order valence-electron chi connectivity index (χ3n) is 3.36. The second-order valence-corrected chi connectivity index (χ2v) is 5.23. The van der Waals surface area contributed by atoms with Crippen molar-refractivity contribution in [1.29, 1.82) is 0 Å². The molecule has 1 fully saturated rings. The van der Waals surface area contributed by atoms with Crippen molar-refractivity contribution in [1.82, 2.24) is 10.2 Å². The first kappa shape index (κ1) is 14.3. The van der Waals surface area contributed by atoms with Crippen LogP contribution in [-0.2, 0) is 4.74 Å². The molecule has 1 aliphatic rings. The number of ether oxygens (including phenoxy) is 1. The lowest BCUT2D eigenvalue weighted by atomic mass is 10.0. The van der Waals surface area contributed by atoms with Crippen LogP contribution >= 0.6 is 0 Å². The Morgan fingerprint density at radius 2 is 2.21 bits per heavy atom. The smallest absolute Gasteiger partial charge is 0.0672 e. The van der Waals surface area contributed by atoms with E-state index in [1.165, 1.54) is 5.56 Å². The quantitative estimate of drug-likeness (QED) is 0.627. The van der Waals surface area contributed by atoms with Crippen LogP contribution in [0.4, 0.5) is 0 Å². The molecule has 19 heavy (non-hydrogen) atoms. The molecule has 3 nitrogen and oxygen atoms in total. The fourth-order valence-electron chi connectivity index (χ4n) is 2.36. The van der Waals surface area contributed by atoms with Crippen molar-refractivity contribution >= 4 is 0 Å². The molecule has 0 amide bonds. The van der Waals surface area contributed by atoms with E-state index >= 15 is 0 Å². The van der Waals surface area contributed by atoms with Crippen molar-refractivity contribution < 1.29 is 4.74 Å². The molecule has 0 radical (unpaired) electrons. The first-order valence-electron chi connectivity index (χ1n) is 6.98. The van der Waals surface area contributed by atoms with E-state index in [1.807, 2.05) is 6.92 Å². The molecule has 2 rings (SSSR count). The first-order valence-corrected chi connectivity index (χ1v) is 6.98. The van der Waals surface area contributed by atoms with Gasteiger partial charge in [-0.05, 0) is 12.5 Å². The molecule has 1 saturated heterocycles. The van der Waals surface area contributed by atoms with Crippen LogP contribution in [0.25, 0.3) is 0 Å². The lowest BCUT2D eigenvalue weighted by Crippen LogP contribution is -2.46. The molecule has 1 aromatic rings. The van der Waals surface area contributed by atoms with E-state index in [9.17, 15) is 0 Å². The van der Waals surface area contributed by atoms with Crippen molar-refractivity contribution in [3.05, 3.63) is 48.0 Å². The SMILES string of the molecule is C=C(C)COCCN1CCNC(c2ccccc2)C1. The summed E-state index contributed by atoms with van der Waals surface area (Å²) in [6.45, 7) is 11.5. The second-order valence-electron chi connectivity index (χ2n) is 5.23. The molecule has 1 N–H and O–H groups in total. The molecule has 0 aliphatic carbocycles. The standard InChI is InChI=1S/C16H24N2O/c1-14(2)13-19-11-10-18-9-8-17-16(12-18)15-6-4-3-5-7-15/h3-7,16-17H,1,8-13H2,2H3. The summed E-state index contributed by atoms with van der Waals surface area (Å²) in [6, 6.07) is 11.1. The van der Waals surface area contributed by atoms with Gasteiger partial charge in [0.25, 0.3) is 0 Å². The summed E-state index contributed by atoms with van der Waals surface area (Å²) < 4.78 is 5.58. The Balaban J connectivity index is 1.76. The van der Waals surface area contributed by atoms with E-state index in [-0.39, 0.29) is 0 Å². The van der Waals surface area contributed by atoms with Crippen molar-refractivity contribution in [2.45, 2.75) is 13.0 Å². The number of benzene rings is 1. The Hall–Kier alpha value is -1.16. The van der Waals surface area contributed by atoms with Crippen molar-refractivity contribution in [3.63, 3.8) is 0 Å². The molecule has 1 aromatic carbocycles. The van der Waals surface area contributed by atoms with Gasteiger partial charge in [0.1, 0.15) is 0 Å². The van der Waals surface area contributed by atoms with Gasteiger partial charge in [-0.1, -0.05) is 42.5 Å². The summed E-state index contributed by atoms with van der Waals surface area (Å²) in [4.78, 5) is 2.46. The first-order chi connectivity index (χ1) is 9.25. The molecule has 104 valence electrons. The lowest BCUT2D eigenvalue weighted by Gasteiger charge is -2.33. The van der Waals surface area contributed by atoms with Crippen LogP contribution in [0.1, 0.15) is 18.5 Å². The third kappa shape index (κ3) is 4.78. The van der Waals surface area contributed by atoms with Crippen LogP contribution in [-0.4, -0.2) is 44.3 Å². The molecule has 1 unspecified atom stereocenters. The highest BCUT2D eigenvalue weighted by Crippen LogP contribution is 2.16. The fraction of sp³-hybridized carbons (Fsp3) is 0.500. The summed E-state index contributed by atoms with van der Waals surface area (Å²) in [5.74, 6) is 0. The topological polar surface area (TPSA) is 24.5 Å². The average Bonchev–Trinajstić information content (AvgIpc) is 2.45. The number of rotatable bonds is 6. The zero-order valence-electron chi connectivity index (χ0n) is 11.8. The van der Waals surface area contributed by atoms with Crippen LogP contribution in [0.3, 0.4) is 0 Å². The van der Waals surface area contributed by atoms with Gasteiger partial charge in [0, 0.05) is 32.2 Å². The Morgan fingerprint density at radius 3 is 2.95 bits per heavy atom. The van der Waals surface area contributed by atoms with Gasteiger partial charge in [0.2, 0.25) is 0 Å². The molecule has 3 heteroatoms. The zero-order valence-corrected chi connectivity index (χ0v) is 11.8. The number of hydrogen-bond acceptors (Lipinski definition) is 3. The van der Waals surface area contributed by atoms with Gasteiger partial charge in [0.05, 0.1) is 13.2 Å². The predicted molar refractivity (Wildman–Crippen MR) is 79.3 cm³/mol. The van der Waals surface area contributed by atoms with E-state index in [2.05, 4.69) is 47.1 Å². The average molecular weight is 260 g/mol. The van der Waals surface area contributed by atoms with E-state index in [1.54, 1.807) is 0 Å². The summed E-state index contributed by atoms with van der Waals surface area (Å²) >= 11 is 0. The zero-order chi connectivity index (χ0) is 13.5. The number of hydrogen-bond donors (Lipinski definition) is 1. The maximum atomic E-state index is 5.58.